The van der Waals surface area contributed by atoms with Gasteiger partial charge in [0.2, 0.25) is 0 Å². The van der Waals surface area contributed by atoms with Crippen LogP contribution in [0.5, 0.6) is 11.5 Å². The van der Waals surface area contributed by atoms with E-state index in [2.05, 4.69) is 19.2 Å². The number of nitrogens with one attached hydrogen (secondary N) is 1. The van der Waals surface area contributed by atoms with E-state index >= 15 is 0 Å². The molecule has 0 amide bonds. The molecule has 0 bridgehead atoms. The lowest BCUT2D eigenvalue weighted by molar-refractivity contribution is 0.112. The van der Waals surface area contributed by atoms with Crippen molar-refractivity contribution in [3.05, 3.63) is 24.3 Å². The predicted molar refractivity (Wildman–Crippen MR) is 78.3 cm³/mol. The van der Waals surface area contributed by atoms with Gasteiger partial charge < -0.3 is 14.8 Å². The third-order valence-electron chi connectivity index (χ3n) is 3.97. The number of rotatable bonds is 6. The van der Waals surface area contributed by atoms with Gasteiger partial charge >= 0.3 is 0 Å². The van der Waals surface area contributed by atoms with E-state index in [-0.39, 0.29) is 10.8 Å². The second kappa shape index (κ2) is 6.02. The third kappa shape index (κ3) is 3.15. The van der Waals surface area contributed by atoms with Crippen molar-refractivity contribution in [2.24, 2.45) is 5.41 Å². The maximum absolute atomic E-state index is 6.20. The maximum atomic E-state index is 6.20. The summed E-state index contributed by atoms with van der Waals surface area (Å²) in [5, 5.41) is 3.78. The van der Waals surface area contributed by atoms with Crippen molar-refractivity contribution in [3.8, 4) is 11.5 Å². The van der Waals surface area contributed by atoms with E-state index in [1.807, 2.05) is 24.3 Å². The Morgan fingerprint density at radius 2 is 2.00 bits per heavy atom. The third-order valence-corrected chi connectivity index (χ3v) is 4.71. The molecule has 4 heteroatoms. The van der Waals surface area contributed by atoms with Crippen molar-refractivity contribution in [1.29, 1.82) is 0 Å². The lowest BCUT2D eigenvalue weighted by Crippen LogP contribution is -2.58. The highest BCUT2D eigenvalue weighted by Gasteiger charge is 2.46. The summed E-state index contributed by atoms with van der Waals surface area (Å²) in [4.78, 5) is 0. The molecule has 19 heavy (non-hydrogen) atoms. The number of ether oxygens (including phenoxy) is 2. The van der Waals surface area contributed by atoms with Crippen LogP contribution in [0.3, 0.4) is 0 Å². The smallest absolute Gasteiger partial charge is 0.161 e. The van der Waals surface area contributed by atoms with Crippen molar-refractivity contribution < 1.29 is 9.47 Å². The average molecular weight is 284 g/mol. The number of alkyl halides is 1. The Morgan fingerprint density at radius 3 is 2.58 bits per heavy atom. The van der Waals surface area contributed by atoms with E-state index in [4.69, 9.17) is 21.1 Å². The second-order valence-electron chi connectivity index (χ2n) is 5.53. The molecule has 2 atom stereocenters. The maximum Gasteiger partial charge on any atom is 0.161 e. The predicted octanol–water partition coefficient (Wildman–Crippen LogP) is 3.07. The fraction of sp³-hybridized carbons (Fsp3) is 0.600. The van der Waals surface area contributed by atoms with E-state index in [9.17, 15) is 0 Å². The van der Waals surface area contributed by atoms with Crippen LogP contribution in [0.15, 0.2) is 24.3 Å². The van der Waals surface area contributed by atoms with Gasteiger partial charge in [0.1, 0.15) is 6.61 Å². The van der Waals surface area contributed by atoms with E-state index in [1.54, 1.807) is 7.11 Å². The van der Waals surface area contributed by atoms with Gasteiger partial charge in [-0.3, -0.25) is 0 Å². The highest BCUT2D eigenvalue weighted by Crippen LogP contribution is 2.44. The summed E-state index contributed by atoms with van der Waals surface area (Å²) in [6.45, 7) is 5.84. The number of hydrogen-bond donors (Lipinski definition) is 1. The van der Waals surface area contributed by atoms with Crippen LogP contribution in [0, 0.1) is 5.41 Å². The summed E-state index contributed by atoms with van der Waals surface area (Å²) < 4.78 is 11.0. The zero-order valence-electron chi connectivity index (χ0n) is 11.8. The van der Waals surface area contributed by atoms with Crippen LogP contribution in [-0.2, 0) is 0 Å². The minimum absolute atomic E-state index is 0.173. The molecule has 106 valence electrons. The molecule has 1 N–H and O–H groups in total. The summed E-state index contributed by atoms with van der Waals surface area (Å²) >= 11 is 6.20. The van der Waals surface area contributed by atoms with Crippen LogP contribution >= 0.6 is 11.6 Å². The first-order valence-corrected chi connectivity index (χ1v) is 7.12. The van der Waals surface area contributed by atoms with Crippen LogP contribution < -0.4 is 14.8 Å². The SMILES string of the molecule is COc1ccccc1OCCNC1CC(Cl)C1(C)C. The number of para-hydroxylation sites is 2. The minimum atomic E-state index is 0.173. The Labute approximate surface area is 120 Å². The number of halogens is 1. The topological polar surface area (TPSA) is 30.5 Å². The molecular formula is C15H22ClNO2. The summed E-state index contributed by atoms with van der Waals surface area (Å²) in [5.74, 6) is 1.56. The molecule has 0 heterocycles. The molecule has 3 nitrogen and oxygen atoms in total. The molecule has 0 aromatic heterocycles. The molecule has 1 aromatic carbocycles. The highest BCUT2D eigenvalue weighted by molar-refractivity contribution is 6.21. The van der Waals surface area contributed by atoms with E-state index in [0.29, 0.717) is 12.6 Å². The number of hydrogen-bond acceptors (Lipinski definition) is 3. The lowest BCUT2D eigenvalue weighted by atomic mass is 9.67. The zero-order chi connectivity index (χ0) is 13.9. The Morgan fingerprint density at radius 1 is 1.32 bits per heavy atom. The number of methoxy groups -OCH3 is 1. The molecule has 0 spiro atoms. The highest BCUT2D eigenvalue weighted by atomic mass is 35.5. The molecule has 0 saturated heterocycles. The minimum Gasteiger partial charge on any atom is -0.493 e. The molecular weight excluding hydrogens is 262 g/mol. The van der Waals surface area contributed by atoms with Crippen molar-refractivity contribution >= 4 is 11.6 Å². The molecule has 1 fully saturated rings. The monoisotopic (exact) mass is 283 g/mol. The summed E-state index contributed by atoms with van der Waals surface area (Å²) in [6.07, 6.45) is 1.03. The average Bonchev–Trinajstić information content (AvgIpc) is 2.42. The van der Waals surface area contributed by atoms with Crippen LogP contribution in [0.1, 0.15) is 20.3 Å². The first-order valence-electron chi connectivity index (χ1n) is 6.69. The van der Waals surface area contributed by atoms with Crippen LogP contribution in [0.4, 0.5) is 0 Å². The van der Waals surface area contributed by atoms with Crippen LogP contribution in [0.2, 0.25) is 0 Å². The van der Waals surface area contributed by atoms with Gasteiger partial charge in [-0.2, -0.15) is 0 Å². The van der Waals surface area contributed by atoms with Crippen molar-refractivity contribution in [1.82, 2.24) is 5.32 Å². The van der Waals surface area contributed by atoms with E-state index in [1.165, 1.54) is 0 Å². The molecule has 0 aliphatic heterocycles. The van der Waals surface area contributed by atoms with Gasteiger partial charge in [-0.15, -0.1) is 11.6 Å². The standard InChI is InChI=1S/C15H22ClNO2/c1-15(2)13(16)10-14(15)17-8-9-19-12-7-5-4-6-11(12)18-3/h4-7,13-14,17H,8-10H2,1-3H3. The van der Waals surface area contributed by atoms with Gasteiger partial charge in [0.15, 0.2) is 11.5 Å². The molecule has 1 saturated carbocycles. The normalized spacial score (nSPS) is 24.6. The van der Waals surface area contributed by atoms with Gasteiger partial charge in [0, 0.05) is 18.0 Å². The molecule has 2 rings (SSSR count). The first kappa shape index (κ1) is 14.5. The van der Waals surface area contributed by atoms with Gasteiger partial charge in [0.25, 0.3) is 0 Å². The Bertz CT molecular complexity index is 422. The summed E-state index contributed by atoms with van der Waals surface area (Å²) in [5.41, 5.74) is 0.173. The largest absolute Gasteiger partial charge is 0.493 e. The van der Waals surface area contributed by atoms with Crippen molar-refractivity contribution in [2.45, 2.75) is 31.7 Å². The fourth-order valence-corrected chi connectivity index (χ4v) is 2.68. The molecule has 1 aromatic rings. The van der Waals surface area contributed by atoms with Crippen LogP contribution in [-0.4, -0.2) is 31.7 Å². The second-order valence-corrected chi connectivity index (χ2v) is 6.06. The molecule has 1 aliphatic rings. The quantitative estimate of drug-likeness (QED) is 0.643. The van der Waals surface area contributed by atoms with Gasteiger partial charge in [-0.05, 0) is 24.0 Å². The Hall–Kier alpha value is -0.930. The summed E-state index contributed by atoms with van der Waals surface area (Å²) in [7, 11) is 1.65. The van der Waals surface area contributed by atoms with Gasteiger partial charge in [-0.25, -0.2) is 0 Å². The molecule has 1 aliphatic carbocycles. The Balaban J connectivity index is 1.73. The number of benzene rings is 1. The fourth-order valence-electron chi connectivity index (χ4n) is 2.35. The van der Waals surface area contributed by atoms with Crippen LogP contribution in [0.25, 0.3) is 0 Å². The summed E-state index contributed by atoms with van der Waals surface area (Å²) in [6, 6.07) is 8.17. The van der Waals surface area contributed by atoms with Gasteiger partial charge in [0.05, 0.1) is 7.11 Å². The first-order chi connectivity index (χ1) is 9.05. The molecule has 2 unspecified atom stereocenters. The lowest BCUT2D eigenvalue weighted by Gasteiger charge is -2.49. The molecule has 0 radical (unpaired) electrons. The van der Waals surface area contributed by atoms with Crippen molar-refractivity contribution in [3.63, 3.8) is 0 Å². The van der Waals surface area contributed by atoms with Gasteiger partial charge in [-0.1, -0.05) is 26.0 Å². The van der Waals surface area contributed by atoms with E-state index in [0.717, 1.165) is 24.5 Å². The van der Waals surface area contributed by atoms with E-state index < -0.39 is 0 Å². The van der Waals surface area contributed by atoms with Crippen molar-refractivity contribution in [2.75, 3.05) is 20.3 Å². The Kier molecular flexibility index (Phi) is 4.58. The zero-order valence-corrected chi connectivity index (χ0v) is 12.5.